The molecule has 2 rings (SSSR count). The molecular formula is C19H22N2O13. The molecule has 1 aromatic heterocycles. The molecule has 1 aromatic rings. The monoisotopic (exact) mass is 486 g/mol. The highest BCUT2D eigenvalue weighted by molar-refractivity contribution is 5.92. The second-order valence-corrected chi connectivity index (χ2v) is 7.00. The van der Waals surface area contributed by atoms with E-state index in [-0.39, 0.29) is 0 Å². The van der Waals surface area contributed by atoms with Gasteiger partial charge in [-0.25, -0.2) is 0 Å². The number of amides is 1. The van der Waals surface area contributed by atoms with E-state index in [9.17, 15) is 34.1 Å². The van der Waals surface area contributed by atoms with Crippen molar-refractivity contribution in [3.05, 3.63) is 28.0 Å². The SMILES string of the molecule is CC(=O)OC[C@@H]1O[C@H](OC(C)=O)[C@H](NC(=O)c2ccc([N+](=O)[O-])o2)[C@@H](OC(C)=O)[C@@H]1OC(C)=O. The van der Waals surface area contributed by atoms with Crippen molar-refractivity contribution < 1.29 is 57.0 Å². The van der Waals surface area contributed by atoms with Crippen molar-refractivity contribution in [1.29, 1.82) is 0 Å². The first-order chi connectivity index (χ1) is 15.9. The molecule has 1 amide bonds. The molecule has 186 valence electrons. The first-order valence-electron chi connectivity index (χ1n) is 9.74. The number of nitrogens with zero attached hydrogens (tertiary/aromatic N) is 1. The summed E-state index contributed by atoms with van der Waals surface area (Å²) in [5.41, 5.74) is 0. The van der Waals surface area contributed by atoms with E-state index in [1.165, 1.54) is 0 Å². The Morgan fingerprint density at radius 3 is 2.03 bits per heavy atom. The molecule has 5 atom stereocenters. The summed E-state index contributed by atoms with van der Waals surface area (Å²) in [5, 5.41) is 13.2. The first kappa shape index (κ1) is 26.2. The highest BCUT2D eigenvalue weighted by Crippen LogP contribution is 2.28. The normalized spacial score (nSPS) is 23.8. The van der Waals surface area contributed by atoms with Crippen LogP contribution in [-0.2, 0) is 42.9 Å². The minimum atomic E-state index is -1.61. The number of nitrogens with one attached hydrogen (secondary N) is 1. The van der Waals surface area contributed by atoms with Crippen LogP contribution in [-0.4, -0.2) is 72.0 Å². The Morgan fingerprint density at radius 2 is 1.53 bits per heavy atom. The van der Waals surface area contributed by atoms with E-state index in [1.54, 1.807) is 0 Å². The lowest BCUT2D eigenvalue weighted by atomic mass is 9.96. The summed E-state index contributed by atoms with van der Waals surface area (Å²) in [7, 11) is 0. The van der Waals surface area contributed by atoms with Gasteiger partial charge in [0.15, 0.2) is 18.0 Å². The first-order valence-corrected chi connectivity index (χ1v) is 9.74. The number of nitro groups is 1. The van der Waals surface area contributed by atoms with Crippen LogP contribution in [0, 0.1) is 10.1 Å². The molecule has 0 bridgehead atoms. The molecule has 1 fully saturated rings. The smallest absolute Gasteiger partial charge is 0.433 e. The van der Waals surface area contributed by atoms with E-state index < -0.39 is 83.6 Å². The van der Waals surface area contributed by atoms with E-state index in [2.05, 4.69) is 5.32 Å². The van der Waals surface area contributed by atoms with E-state index in [1.807, 2.05) is 0 Å². The number of hydrogen-bond donors (Lipinski definition) is 1. The van der Waals surface area contributed by atoms with Crippen molar-refractivity contribution in [2.75, 3.05) is 6.61 Å². The summed E-state index contributed by atoms with van der Waals surface area (Å²) >= 11 is 0. The van der Waals surface area contributed by atoms with Gasteiger partial charge in [-0.15, -0.1) is 0 Å². The Morgan fingerprint density at radius 1 is 0.941 bits per heavy atom. The average Bonchev–Trinajstić information content (AvgIpc) is 3.20. The molecule has 0 radical (unpaired) electrons. The summed E-state index contributed by atoms with van der Waals surface area (Å²) in [6.45, 7) is 3.77. The van der Waals surface area contributed by atoms with Gasteiger partial charge in [-0.05, 0) is 6.07 Å². The Labute approximate surface area is 191 Å². The van der Waals surface area contributed by atoms with E-state index in [0.717, 1.165) is 39.8 Å². The van der Waals surface area contributed by atoms with Crippen LogP contribution in [0.2, 0.25) is 0 Å². The summed E-state index contributed by atoms with van der Waals surface area (Å²) in [5.74, 6) is -5.44. The number of ether oxygens (including phenoxy) is 5. The Kier molecular flexibility index (Phi) is 8.66. The molecule has 1 aliphatic heterocycles. The zero-order valence-corrected chi connectivity index (χ0v) is 18.5. The third kappa shape index (κ3) is 6.99. The predicted octanol–water partition coefficient (Wildman–Crippen LogP) is 0.000700. The lowest BCUT2D eigenvalue weighted by molar-refractivity contribution is -0.402. The highest BCUT2D eigenvalue weighted by Gasteiger charge is 2.52. The van der Waals surface area contributed by atoms with Gasteiger partial charge >= 0.3 is 29.8 Å². The Hall–Kier alpha value is -4.01. The van der Waals surface area contributed by atoms with Crippen molar-refractivity contribution in [2.24, 2.45) is 0 Å². The van der Waals surface area contributed by atoms with E-state index in [4.69, 9.17) is 28.1 Å². The van der Waals surface area contributed by atoms with E-state index in [0.29, 0.717) is 0 Å². The van der Waals surface area contributed by atoms with Crippen LogP contribution in [0.3, 0.4) is 0 Å². The molecule has 34 heavy (non-hydrogen) atoms. The third-order valence-corrected chi connectivity index (χ3v) is 4.28. The zero-order valence-electron chi connectivity index (χ0n) is 18.5. The van der Waals surface area contributed by atoms with Crippen LogP contribution < -0.4 is 5.32 Å². The molecule has 15 heteroatoms. The molecule has 1 aliphatic rings. The van der Waals surface area contributed by atoms with Crippen molar-refractivity contribution in [3.63, 3.8) is 0 Å². The van der Waals surface area contributed by atoms with Gasteiger partial charge in [-0.1, -0.05) is 0 Å². The van der Waals surface area contributed by atoms with Crippen LogP contribution in [0.5, 0.6) is 0 Å². The van der Waals surface area contributed by atoms with Crippen LogP contribution in [0.4, 0.5) is 5.88 Å². The predicted molar refractivity (Wildman–Crippen MR) is 105 cm³/mol. The van der Waals surface area contributed by atoms with Gasteiger partial charge in [0.05, 0.1) is 6.07 Å². The maximum atomic E-state index is 12.7. The largest absolute Gasteiger partial charge is 0.463 e. The standard InChI is InChI=1S/C19H22N2O13/c1-8(22)29-7-13-16(30-9(2)23)17(31-10(3)24)15(19(34-13)32-11(4)25)20-18(26)12-5-6-14(33-12)21(27)28/h5-6,13,15-17,19H,7H2,1-4H3,(H,20,26)/t13-,15+,16+,17+,19-/m0/s1. The van der Waals surface area contributed by atoms with Crippen molar-refractivity contribution in [3.8, 4) is 0 Å². The van der Waals surface area contributed by atoms with Crippen LogP contribution in [0.15, 0.2) is 16.5 Å². The molecule has 2 heterocycles. The number of carbonyl (C=O) groups is 5. The molecule has 1 N–H and O–H groups in total. The summed E-state index contributed by atoms with van der Waals surface area (Å²) < 4.78 is 31.0. The molecule has 0 aliphatic carbocycles. The van der Waals surface area contributed by atoms with Crippen molar-refractivity contribution in [2.45, 2.75) is 58.3 Å². The van der Waals surface area contributed by atoms with Crippen molar-refractivity contribution >= 4 is 35.7 Å². The molecular weight excluding hydrogens is 464 g/mol. The van der Waals surface area contributed by atoms with Crippen LogP contribution in [0.25, 0.3) is 0 Å². The number of hydrogen-bond acceptors (Lipinski definition) is 13. The summed E-state index contributed by atoms with van der Waals surface area (Å²) in [6.07, 6.45) is -5.78. The quantitative estimate of drug-likeness (QED) is 0.223. The Balaban J connectivity index is 2.44. The Bertz CT molecular complexity index is 971. The maximum absolute atomic E-state index is 12.7. The highest BCUT2D eigenvalue weighted by atomic mass is 16.7. The van der Waals surface area contributed by atoms with Gasteiger partial charge in [0, 0.05) is 27.7 Å². The van der Waals surface area contributed by atoms with Gasteiger partial charge in [0.1, 0.15) is 23.7 Å². The lowest BCUT2D eigenvalue weighted by Gasteiger charge is -2.44. The number of furan rings is 1. The number of rotatable bonds is 8. The summed E-state index contributed by atoms with van der Waals surface area (Å²) in [6, 6.07) is 0.490. The average molecular weight is 486 g/mol. The minimum absolute atomic E-state index is 0.478. The third-order valence-electron chi connectivity index (χ3n) is 4.28. The van der Waals surface area contributed by atoms with Crippen molar-refractivity contribution in [1.82, 2.24) is 5.32 Å². The number of carbonyl (C=O) groups excluding carboxylic acids is 5. The van der Waals surface area contributed by atoms with E-state index >= 15 is 0 Å². The van der Waals surface area contributed by atoms with Crippen LogP contribution in [0.1, 0.15) is 38.2 Å². The van der Waals surface area contributed by atoms with Gasteiger partial charge in [0.2, 0.25) is 6.29 Å². The molecule has 0 spiro atoms. The van der Waals surface area contributed by atoms with Gasteiger partial charge in [-0.3, -0.25) is 34.1 Å². The fourth-order valence-corrected chi connectivity index (χ4v) is 3.09. The fraction of sp³-hybridized carbons (Fsp3) is 0.526. The molecule has 0 saturated carbocycles. The summed E-state index contributed by atoms with van der Waals surface area (Å²) in [4.78, 5) is 69.2. The second-order valence-electron chi connectivity index (χ2n) is 7.00. The molecule has 15 nitrogen and oxygen atoms in total. The second kappa shape index (κ2) is 11.2. The molecule has 0 aromatic carbocycles. The number of esters is 4. The minimum Gasteiger partial charge on any atom is -0.463 e. The van der Waals surface area contributed by atoms with Gasteiger partial charge in [0.25, 0.3) is 5.91 Å². The fourth-order valence-electron chi connectivity index (χ4n) is 3.09. The van der Waals surface area contributed by atoms with Gasteiger partial charge in [-0.2, -0.15) is 0 Å². The maximum Gasteiger partial charge on any atom is 0.433 e. The zero-order chi connectivity index (χ0) is 25.6. The van der Waals surface area contributed by atoms with Gasteiger partial charge < -0.3 is 33.4 Å². The lowest BCUT2D eigenvalue weighted by Crippen LogP contribution is -2.67. The van der Waals surface area contributed by atoms with Crippen LogP contribution >= 0.6 is 0 Å². The molecule has 0 unspecified atom stereocenters. The molecule has 1 saturated heterocycles. The topological polar surface area (TPSA) is 200 Å².